The highest BCUT2D eigenvalue weighted by molar-refractivity contribution is 6.30. The van der Waals surface area contributed by atoms with E-state index in [0.29, 0.717) is 5.02 Å². The number of pyridine rings is 1. The molecule has 0 aliphatic heterocycles. The third kappa shape index (κ3) is 1.77. The third-order valence-corrected chi connectivity index (χ3v) is 3.10. The number of rotatable bonds is 2. The Balaban J connectivity index is 2.33. The second-order valence-corrected chi connectivity index (χ2v) is 4.48. The van der Waals surface area contributed by atoms with Gasteiger partial charge in [0, 0.05) is 17.6 Å². The fourth-order valence-corrected chi connectivity index (χ4v) is 2.27. The number of imidazole rings is 1. The Morgan fingerprint density at radius 1 is 1.22 bits per heavy atom. The molecule has 2 heterocycles. The van der Waals surface area contributed by atoms with E-state index in [2.05, 4.69) is 21.5 Å². The Bertz CT molecular complexity index is 703. The molecular formula is C14H12ClN3. The number of benzene rings is 1. The van der Waals surface area contributed by atoms with Crippen molar-refractivity contribution in [3.63, 3.8) is 0 Å². The van der Waals surface area contributed by atoms with E-state index in [1.165, 1.54) is 0 Å². The normalized spacial score (nSPS) is 11.0. The van der Waals surface area contributed by atoms with Gasteiger partial charge in [-0.3, -0.25) is 4.57 Å². The summed E-state index contributed by atoms with van der Waals surface area (Å²) in [7, 11) is 0. The number of aromatic nitrogens is 3. The van der Waals surface area contributed by atoms with E-state index in [0.717, 1.165) is 29.1 Å². The molecule has 0 saturated carbocycles. The lowest BCUT2D eigenvalue weighted by molar-refractivity contribution is 0.901. The molecule has 0 saturated heterocycles. The molecule has 0 aliphatic carbocycles. The molecule has 0 spiro atoms. The lowest BCUT2D eigenvalue weighted by atomic mass is 10.3. The van der Waals surface area contributed by atoms with Crippen LogP contribution in [0.5, 0.6) is 0 Å². The van der Waals surface area contributed by atoms with Crippen LogP contribution < -0.4 is 0 Å². The van der Waals surface area contributed by atoms with Gasteiger partial charge in [-0.1, -0.05) is 24.6 Å². The molecule has 0 radical (unpaired) electrons. The first-order chi connectivity index (χ1) is 8.79. The number of nitrogens with zero attached hydrogens (tertiary/aromatic N) is 3. The second-order valence-electron chi connectivity index (χ2n) is 4.04. The molecule has 90 valence electrons. The van der Waals surface area contributed by atoms with Gasteiger partial charge in [0.25, 0.3) is 0 Å². The molecule has 0 bridgehead atoms. The molecule has 0 fully saturated rings. The van der Waals surface area contributed by atoms with Crippen molar-refractivity contribution in [2.75, 3.05) is 0 Å². The van der Waals surface area contributed by atoms with Crippen LogP contribution in [-0.2, 0) is 6.42 Å². The molecule has 4 heteroatoms. The molecule has 0 atom stereocenters. The predicted molar refractivity (Wildman–Crippen MR) is 73.3 cm³/mol. The first-order valence-corrected chi connectivity index (χ1v) is 6.25. The molecule has 0 unspecified atom stereocenters. The molecule has 1 aromatic carbocycles. The summed E-state index contributed by atoms with van der Waals surface area (Å²) in [6.07, 6.45) is 2.63. The topological polar surface area (TPSA) is 30.7 Å². The monoisotopic (exact) mass is 257 g/mol. The van der Waals surface area contributed by atoms with Crippen LogP contribution in [0.3, 0.4) is 0 Å². The van der Waals surface area contributed by atoms with E-state index >= 15 is 0 Å². The minimum absolute atomic E-state index is 0.715. The van der Waals surface area contributed by atoms with Crippen molar-refractivity contribution < 1.29 is 0 Å². The summed E-state index contributed by atoms with van der Waals surface area (Å²) in [4.78, 5) is 9.01. The van der Waals surface area contributed by atoms with Gasteiger partial charge in [0.05, 0.1) is 5.69 Å². The number of hydrogen-bond acceptors (Lipinski definition) is 2. The molecule has 3 rings (SSSR count). The zero-order chi connectivity index (χ0) is 12.5. The number of halogens is 1. The molecule has 3 nitrogen and oxygen atoms in total. The summed E-state index contributed by atoms with van der Waals surface area (Å²) in [6.45, 7) is 2.09. The Morgan fingerprint density at radius 2 is 2.11 bits per heavy atom. The van der Waals surface area contributed by atoms with Crippen molar-refractivity contribution in [3.8, 4) is 5.69 Å². The van der Waals surface area contributed by atoms with Gasteiger partial charge >= 0.3 is 0 Å². The molecule has 3 aromatic rings. The Hall–Kier alpha value is -1.87. The van der Waals surface area contributed by atoms with Crippen molar-refractivity contribution in [2.45, 2.75) is 13.3 Å². The van der Waals surface area contributed by atoms with Crippen LogP contribution >= 0.6 is 11.6 Å². The zero-order valence-corrected chi connectivity index (χ0v) is 10.7. The number of fused-ring (bicyclic) bond motifs is 1. The summed E-state index contributed by atoms with van der Waals surface area (Å²) >= 11 is 6.05. The van der Waals surface area contributed by atoms with Gasteiger partial charge in [-0.25, -0.2) is 9.97 Å². The summed E-state index contributed by atoms with van der Waals surface area (Å²) in [5, 5.41) is 0.715. The average Bonchev–Trinajstić information content (AvgIpc) is 2.77. The van der Waals surface area contributed by atoms with Gasteiger partial charge in [0.2, 0.25) is 0 Å². The van der Waals surface area contributed by atoms with Crippen molar-refractivity contribution in [3.05, 3.63) is 53.4 Å². The minimum Gasteiger partial charge on any atom is -0.281 e. The van der Waals surface area contributed by atoms with Crippen molar-refractivity contribution >= 4 is 22.8 Å². The highest BCUT2D eigenvalue weighted by Crippen LogP contribution is 2.22. The van der Waals surface area contributed by atoms with Gasteiger partial charge in [-0.05, 0) is 30.3 Å². The predicted octanol–water partition coefficient (Wildman–Crippen LogP) is 3.64. The van der Waals surface area contributed by atoms with Crippen LogP contribution in [0, 0.1) is 0 Å². The minimum atomic E-state index is 0.715. The lowest BCUT2D eigenvalue weighted by Gasteiger charge is -2.07. The van der Waals surface area contributed by atoms with Crippen molar-refractivity contribution in [2.24, 2.45) is 0 Å². The number of hydrogen-bond donors (Lipinski definition) is 0. The van der Waals surface area contributed by atoms with E-state index in [4.69, 9.17) is 11.6 Å². The first-order valence-electron chi connectivity index (χ1n) is 5.88. The maximum Gasteiger partial charge on any atom is 0.164 e. The van der Waals surface area contributed by atoms with E-state index in [9.17, 15) is 0 Å². The largest absolute Gasteiger partial charge is 0.281 e. The quantitative estimate of drug-likeness (QED) is 0.702. The molecular weight excluding hydrogens is 246 g/mol. The summed E-state index contributed by atoms with van der Waals surface area (Å²) in [5.74, 6) is 0.992. The maximum absolute atomic E-state index is 6.05. The van der Waals surface area contributed by atoms with E-state index in [1.54, 1.807) is 6.20 Å². The Labute approximate surface area is 110 Å². The first kappa shape index (κ1) is 11.2. The second kappa shape index (κ2) is 4.42. The summed E-state index contributed by atoms with van der Waals surface area (Å²) in [5.41, 5.74) is 2.78. The fraction of sp³-hybridized carbons (Fsp3) is 0.143. The van der Waals surface area contributed by atoms with E-state index in [1.807, 2.05) is 36.4 Å². The molecule has 2 aromatic heterocycles. The van der Waals surface area contributed by atoms with Gasteiger partial charge in [-0.2, -0.15) is 0 Å². The summed E-state index contributed by atoms with van der Waals surface area (Å²) in [6, 6.07) is 11.6. The van der Waals surface area contributed by atoms with Crippen LogP contribution in [0.25, 0.3) is 16.9 Å². The molecule has 0 N–H and O–H groups in total. The van der Waals surface area contributed by atoms with Gasteiger partial charge in [0.1, 0.15) is 11.3 Å². The highest BCUT2D eigenvalue weighted by Gasteiger charge is 2.11. The Morgan fingerprint density at radius 3 is 2.89 bits per heavy atom. The van der Waals surface area contributed by atoms with Crippen molar-refractivity contribution in [1.29, 1.82) is 0 Å². The standard InChI is InChI=1S/C14H12ClN3/c1-2-13-17-12-7-4-8-16-14(12)18(13)11-6-3-5-10(15)9-11/h3-9H,2H2,1H3. The van der Waals surface area contributed by atoms with Gasteiger partial charge in [-0.15, -0.1) is 0 Å². The summed E-state index contributed by atoms with van der Waals surface area (Å²) < 4.78 is 2.06. The van der Waals surface area contributed by atoms with Crippen LogP contribution in [-0.4, -0.2) is 14.5 Å². The fourth-order valence-electron chi connectivity index (χ4n) is 2.08. The third-order valence-electron chi connectivity index (χ3n) is 2.87. The SMILES string of the molecule is CCc1nc2cccnc2n1-c1cccc(Cl)c1. The van der Waals surface area contributed by atoms with Crippen LogP contribution in [0.1, 0.15) is 12.7 Å². The van der Waals surface area contributed by atoms with Gasteiger partial charge in [0.15, 0.2) is 5.65 Å². The van der Waals surface area contributed by atoms with Gasteiger partial charge < -0.3 is 0 Å². The smallest absolute Gasteiger partial charge is 0.164 e. The lowest BCUT2D eigenvalue weighted by Crippen LogP contribution is -2.00. The Kier molecular flexibility index (Phi) is 2.76. The highest BCUT2D eigenvalue weighted by atomic mass is 35.5. The molecule has 18 heavy (non-hydrogen) atoms. The molecule has 0 amide bonds. The van der Waals surface area contributed by atoms with Crippen LogP contribution in [0.15, 0.2) is 42.6 Å². The van der Waals surface area contributed by atoms with Crippen molar-refractivity contribution in [1.82, 2.24) is 14.5 Å². The number of aryl methyl sites for hydroxylation is 1. The van der Waals surface area contributed by atoms with E-state index in [-0.39, 0.29) is 0 Å². The maximum atomic E-state index is 6.05. The van der Waals surface area contributed by atoms with Crippen LogP contribution in [0.4, 0.5) is 0 Å². The van der Waals surface area contributed by atoms with E-state index < -0.39 is 0 Å². The molecule has 0 aliphatic rings. The average molecular weight is 258 g/mol. The zero-order valence-electron chi connectivity index (χ0n) is 9.97. The van der Waals surface area contributed by atoms with Crippen LogP contribution in [0.2, 0.25) is 5.02 Å².